The van der Waals surface area contributed by atoms with Crippen molar-refractivity contribution in [3.8, 4) is 0 Å². The van der Waals surface area contributed by atoms with Gasteiger partial charge >= 0.3 is 0 Å². The van der Waals surface area contributed by atoms with E-state index in [9.17, 15) is 20.3 Å². The number of rotatable bonds is 1. The van der Waals surface area contributed by atoms with Crippen LogP contribution in [-0.4, -0.2) is 20.7 Å². The van der Waals surface area contributed by atoms with E-state index < -0.39 is 22.7 Å². The monoisotopic (exact) mass is 209 g/mol. The molecule has 0 spiro atoms. The van der Waals surface area contributed by atoms with Gasteiger partial charge in [-0.05, 0) is 11.1 Å². The van der Waals surface area contributed by atoms with Crippen molar-refractivity contribution in [1.29, 1.82) is 0 Å². The van der Waals surface area contributed by atoms with Crippen molar-refractivity contribution >= 4 is 0 Å². The number of aliphatic hydroxyl groups excluding tert-OH is 2. The number of hydrogen-bond acceptors (Lipinski definition) is 4. The molecule has 0 aromatic heterocycles. The molecule has 1 aliphatic carbocycles. The summed E-state index contributed by atoms with van der Waals surface area (Å²) in [4.78, 5) is 10.3. The van der Waals surface area contributed by atoms with Gasteiger partial charge in [0, 0.05) is 11.8 Å². The zero-order chi connectivity index (χ0) is 11.2. The van der Waals surface area contributed by atoms with Crippen LogP contribution in [0.2, 0.25) is 0 Å². The minimum Gasteiger partial charge on any atom is -0.381 e. The quantitative estimate of drug-likeness (QED) is 0.529. The van der Waals surface area contributed by atoms with Crippen LogP contribution in [0.25, 0.3) is 0 Å². The lowest BCUT2D eigenvalue weighted by atomic mass is 9.94. The standard InChI is InChI=1S/C10H11NO4/c1-10(11(14)15)8(12)6-4-2-3-5-7(6)9(10)13/h2-5,8-9,12-13H,1H3/t8-,9+,10?. The summed E-state index contributed by atoms with van der Waals surface area (Å²) in [5.41, 5.74) is -0.877. The Balaban J connectivity index is 2.59. The van der Waals surface area contributed by atoms with Gasteiger partial charge in [-0.3, -0.25) is 10.1 Å². The zero-order valence-electron chi connectivity index (χ0n) is 8.12. The molecule has 1 aromatic rings. The Hall–Kier alpha value is -1.46. The highest BCUT2D eigenvalue weighted by Crippen LogP contribution is 2.47. The fourth-order valence-electron chi connectivity index (χ4n) is 1.99. The molecule has 2 N–H and O–H groups in total. The maximum atomic E-state index is 10.9. The molecule has 0 fully saturated rings. The Morgan fingerprint density at radius 1 is 1.27 bits per heavy atom. The van der Waals surface area contributed by atoms with Crippen LogP contribution in [0, 0.1) is 10.1 Å². The number of aliphatic hydroxyl groups is 2. The summed E-state index contributed by atoms with van der Waals surface area (Å²) in [6, 6.07) is 6.55. The molecule has 0 amide bonds. The number of benzene rings is 1. The van der Waals surface area contributed by atoms with Crippen molar-refractivity contribution in [3.63, 3.8) is 0 Å². The minimum atomic E-state index is -1.75. The van der Waals surface area contributed by atoms with Crippen molar-refractivity contribution in [2.24, 2.45) is 0 Å². The van der Waals surface area contributed by atoms with E-state index in [1.807, 2.05) is 0 Å². The van der Waals surface area contributed by atoms with Crippen LogP contribution in [-0.2, 0) is 0 Å². The first kappa shape index (κ1) is 10.1. The van der Waals surface area contributed by atoms with Gasteiger partial charge in [-0.15, -0.1) is 0 Å². The summed E-state index contributed by atoms with van der Waals surface area (Å²) < 4.78 is 0. The Labute approximate surface area is 86.1 Å². The fraction of sp³-hybridized carbons (Fsp3) is 0.400. The van der Waals surface area contributed by atoms with Crippen molar-refractivity contribution in [3.05, 3.63) is 45.5 Å². The highest BCUT2D eigenvalue weighted by Gasteiger charge is 2.59. The highest BCUT2D eigenvalue weighted by molar-refractivity contribution is 5.39. The normalized spacial score (nSPS) is 33.8. The van der Waals surface area contributed by atoms with Gasteiger partial charge in [-0.2, -0.15) is 0 Å². The summed E-state index contributed by atoms with van der Waals surface area (Å²) in [5, 5.41) is 30.6. The first-order valence-corrected chi connectivity index (χ1v) is 4.59. The molecule has 3 atom stereocenters. The Kier molecular flexibility index (Phi) is 2.02. The lowest BCUT2D eigenvalue weighted by Gasteiger charge is -2.22. The Bertz CT molecular complexity index is 389. The lowest BCUT2D eigenvalue weighted by molar-refractivity contribution is -0.591. The van der Waals surface area contributed by atoms with Gasteiger partial charge in [0.25, 0.3) is 5.54 Å². The van der Waals surface area contributed by atoms with E-state index in [4.69, 9.17) is 0 Å². The third-order valence-electron chi connectivity index (χ3n) is 3.09. The maximum absolute atomic E-state index is 10.9. The Morgan fingerprint density at radius 3 is 2.00 bits per heavy atom. The number of hydrogen-bond donors (Lipinski definition) is 2. The summed E-state index contributed by atoms with van der Waals surface area (Å²) in [7, 11) is 0. The number of nitrogens with zero attached hydrogens (tertiary/aromatic N) is 1. The Morgan fingerprint density at radius 2 is 1.67 bits per heavy atom. The van der Waals surface area contributed by atoms with Crippen LogP contribution in [0.5, 0.6) is 0 Å². The van der Waals surface area contributed by atoms with E-state index in [1.165, 1.54) is 6.92 Å². The van der Waals surface area contributed by atoms with Crippen molar-refractivity contribution < 1.29 is 15.1 Å². The predicted octanol–water partition coefficient (Wildman–Crippen LogP) is 0.802. The summed E-state index contributed by atoms with van der Waals surface area (Å²) in [6.07, 6.45) is -2.53. The SMILES string of the molecule is CC1([N+](=O)[O-])[C@H](O)c2ccccc2[C@@H]1O. The summed E-state index contributed by atoms with van der Waals surface area (Å²) in [5.74, 6) is 0. The smallest absolute Gasteiger partial charge is 0.278 e. The lowest BCUT2D eigenvalue weighted by Crippen LogP contribution is -2.42. The van der Waals surface area contributed by atoms with Gasteiger partial charge in [0.15, 0.2) is 12.2 Å². The second-order valence-corrected chi connectivity index (χ2v) is 3.92. The van der Waals surface area contributed by atoms with Crippen LogP contribution in [0.1, 0.15) is 30.3 Å². The molecular formula is C10H11NO4. The van der Waals surface area contributed by atoms with E-state index in [0.29, 0.717) is 11.1 Å². The average Bonchev–Trinajstić information content (AvgIpc) is 2.43. The van der Waals surface area contributed by atoms with Crippen LogP contribution < -0.4 is 0 Å². The molecule has 0 saturated heterocycles. The molecule has 5 nitrogen and oxygen atoms in total. The van der Waals surface area contributed by atoms with Gasteiger partial charge in [-0.25, -0.2) is 0 Å². The second kappa shape index (κ2) is 3.01. The van der Waals surface area contributed by atoms with E-state index in [0.717, 1.165) is 0 Å². The maximum Gasteiger partial charge on any atom is 0.278 e. The molecule has 1 aromatic carbocycles. The van der Waals surface area contributed by atoms with E-state index in [2.05, 4.69) is 0 Å². The van der Waals surface area contributed by atoms with Crippen molar-refractivity contribution in [1.82, 2.24) is 0 Å². The molecule has 2 rings (SSSR count). The van der Waals surface area contributed by atoms with Crippen LogP contribution in [0.15, 0.2) is 24.3 Å². The van der Waals surface area contributed by atoms with Gasteiger partial charge < -0.3 is 10.2 Å². The molecule has 1 aliphatic rings. The van der Waals surface area contributed by atoms with Crippen molar-refractivity contribution in [2.75, 3.05) is 0 Å². The van der Waals surface area contributed by atoms with Crippen LogP contribution in [0.3, 0.4) is 0 Å². The first-order chi connectivity index (χ1) is 6.99. The number of fused-ring (bicyclic) bond motifs is 1. The average molecular weight is 209 g/mol. The molecule has 15 heavy (non-hydrogen) atoms. The largest absolute Gasteiger partial charge is 0.381 e. The number of nitro groups is 1. The molecule has 0 heterocycles. The van der Waals surface area contributed by atoms with Gasteiger partial charge in [0.05, 0.1) is 0 Å². The molecule has 0 bridgehead atoms. The summed E-state index contributed by atoms with van der Waals surface area (Å²) in [6.45, 7) is 1.25. The first-order valence-electron chi connectivity index (χ1n) is 4.59. The topological polar surface area (TPSA) is 83.6 Å². The second-order valence-electron chi connectivity index (χ2n) is 3.92. The third-order valence-corrected chi connectivity index (χ3v) is 3.09. The van der Waals surface area contributed by atoms with E-state index >= 15 is 0 Å². The summed E-state index contributed by atoms with van der Waals surface area (Å²) >= 11 is 0. The zero-order valence-corrected chi connectivity index (χ0v) is 8.12. The van der Waals surface area contributed by atoms with Crippen molar-refractivity contribution in [2.45, 2.75) is 24.7 Å². The molecular weight excluding hydrogens is 198 g/mol. The highest BCUT2D eigenvalue weighted by atomic mass is 16.6. The third kappa shape index (κ3) is 1.10. The molecule has 0 aliphatic heterocycles. The van der Waals surface area contributed by atoms with E-state index in [1.54, 1.807) is 24.3 Å². The molecule has 5 heteroatoms. The molecule has 80 valence electrons. The van der Waals surface area contributed by atoms with Gasteiger partial charge in [-0.1, -0.05) is 24.3 Å². The molecule has 0 saturated carbocycles. The predicted molar refractivity (Wildman–Crippen MR) is 51.8 cm³/mol. The van der Waals surface area contributed by atoms with Crippen LogP contribution in [0.4, 0.5) is 0 Å². The minimum absolute atomic E-state index is 0.434. The van der Waals surface area contributed by atoms with Crippen LogP contribution >= 0.6 is 0 Å². The fourth-order valence-corrected chi connectivity index (χ4v) is 1.99. The molecule has 0 radical (unpaired) electrons. The molecule has 1 unspecified atom stereocenters. The van der Waals surface area contributed by atoms with Gasteiger partial charge in [0.1, 0.15) is 0 Å². The van der Waals surface area contributed by atoms with E-state index in [-0.39, 0.29) is 0 Å². The van der Waals surface area contributed by atoms with Gasteiger partial charge in [0.2, 0.25) is 0 Å².